The Morgan fingerprint density at radius 2 is 2.12 bits per heavy atom. The van der Waals surface area contributed by atoms with Crippen LogP contribution in [0.2, 0.25) is 0 Å². The molecule has 0 bridgehead atoms. The highest BCUT2D eigenvalue weighted by Gasteiger charge is 2.36. The minimum atomic E-state index is 0.373. The summed E-state index contributed by atoms with van der Waals surface area (Å²) in [4.78, 5) is 4.64. The van der Waals surface area contributed by atoms with Crippen LogP contribution >= 0.6 is 0 Å². The molecule has 16 heavy (non-hydrogen) atoms. The Morgan fingerprint density at radius 1 is 1.38 bits per heavy atom. The van der Waals surface area contributed by atoms with E-state index in [0.717, 1.165) is 17.9 Å². The first kappa shape index (κ1) is 9.85. The molecule has 1 aromatic carbocycles. The largest absolute Gasteiger partial charge is 0.330 e. The molecule has 2 aromatic rings. The van der Waals surface area contributed by atoms with Gasteiger partial charge in [0.15, 0.2) is 0 Å². The van der Waals surface area contributed by atoms with Crippen molar-refractivity contribution in [1.29, 1.82) is 0 Å². The summed E-state index contributed by atoms with van der Waals surface area (Å²) in [6.45, 7) is 3.14. The van der Waals surface area contributed by atoms with Gasteiger partial charge in [0.2, 0.25) is 0 Å². The van der Waals surface area contributed by atoms with E-state index in [1.165, 1.54) is 18.4 Å². The van der Waals surface area contributed by atoms with Crippen molar-refractivity contribution in [3.8, 4) is 0 Å². The monoisotopic (exact) mass is 215 g/mol. The molecule has 1 heterocycles. The SMILES string of the molecule is Cn1c(CNC2(C)CC2)nc2ccccc21. The fraction of sp³-hybridized carbons (Fsp3) is 0.462. The molecule has 1 aliphatic carbocycles. The minimum absolute atomic E-state index is 0.373. The summed E-state index contributed by atoms with van der Waals surface area (Å²) in [6.07, 6.45) is 2.58. The molecule has 3 heteroatoms. The van der Waals surface area contributed by atoms with Gasteiger partial charge in [0.05, 0.1) is 17.6 Å². The van der Waals surface area contributed by atoms with Gasteiger partial charge in [0.25, 0.3) is 0 Å². The highest BCUT2D eigenvalue weighted by Crippen LogP contribution is 2.34. The third-order valence-corrected chi connectivity index (χ3v) is 3.55. The first-order valence-corrected chi connectivity index (χ1v) is 5.83. The molecule has 84 valence electrons. The van der Waals surface area contributed by atoms with Crippen molar-refractivity contribution >= 4 is 11.0 Å². The van der Waals surface area contributed by atoms with Gasteiger partial charge in [-0.15, -0.1) is 0 Å². The van der Waals surface area contributed by atoms with Crippen LogP contribution in [-0.4, -0.2) is 15.1 Å². The predicted octanol–water partition coefficient (Wildman–Crippen LogP) is 2.22. The van der Waals surface area contributed by atoms with E-state index in [-0.39, 0.29) is 0 Å². The molecule has 0 amide bonds. The van der Waals surface area contributed by atoms with Crippen molar-refractivity contribution < 1.29 is 0 Å². The number of hydrogen-bond acceptors (Lipinski definition) is 2. The number of fused-ring (bicyclic) bond motifs is 1. The van der Waals surface area contributed by atoms with Crippen molar-refractivity contribution in [1.82, 2.24) is 14.9 Å². The first-order chi connectivity index (χ1) is 7.68. The van der Waals surface area contributed by atoms with E-state index in [9.17, 15) is 0 Å². The van der Waals surface area contributed by atoms with Crippen LogP contribution in [0.5, 0.6) is 0 Å². The standard InChI is InChI=1S/C13H17N3/c1-13(7-8-13)14-9-12-15-10-5-3-4-6-11(10)16(12)2/h3-6,14H,7-9H2,1-2H3. The highest BCUT2D eigenvalue weighted by molar-refractivity contribution is 5.75. The van der Waals surface area contributed by atoms with Crippen LogP contribution in [0.15, 0.2) is 24.3 Å². The van der Waals surface area contributed by atoms with Crippen LogP contribution in [0.4, 0.5) is 0 Å². The van der Waals surface area contributed by atoms with Crippen molar-refractivity contribution in [2.75, 3.05) is 0 Å². The molecule has 3 rings (SSSR count). The van der Waals surface area contributed by atoms with Crippen LogP contribution < -0.4 is 5.32 Å². The zero-order valence-corrected chi connectivity index (χ0v) is 9.83. The Morgan fingerprint density at radius 3 is 2.81 bits per heavy atom. The second kappa shape index (κ2) is 3.32. The first-order valence-electron chi connectivity index (χ1n) is 5.83. The molecule has 1 N–H and O–H groups in total. The Balaban J connectivity index is 1.88. The van der Waals surface area contributed by atoms with E-state index in [2.05, 4.69) is 47.0 Å². The van der Waals surface area contributed by atoms with Crippen LogP contribution in [0.3, 0.4) is 0 Å². The van der Waals surface area contributed by atoms with Crippen LogP contribution in [0.25, 0.3) is 11.0 Å². The lowest BCUT2D eigenvalue weighted by Gasteiger charge is -2.10. The Bertz CT molecular complexity index is 523. The van der Waals surface area contributed by atoms with Gasteiger partial charge in [-0.1, -0.05) is 12.1 Å². The topological polar surface area (TPSA) is 29.9 Å². The van der Waals surface area contributed by atoms with E-state index >= 15 is 0 Å². The van der Waals surface area contributed by atoms with Gasteiger partial charge in [0.1, 0.15) is 5.82 Å². The average molecular weight is 215 g/mol. The Kier molecular flexibility index (Phi) is 2.04. The number of nitrogens with zero attached hydrogens (tertiary/aromatic N) is 2. The van der Waals surface area contributed by atoms with Crippen molar-refractivity contribution in [2.45, 2.75) is 31.8 Å². The molecule has 0 radical (unpaired) electrons. The van der Waals surface area contributed by atoms with Gasteiger partial charge >= 0.3 is 0 Å². The lowest BCUT2D eigenvalue weighted by Crippen LogP contribution is -2.28. The number of nitrogens with one attached hydrogen (secondary N) is 1. The van der Waals surface area contributed by atoms with E-state index in [1.54, 1.807) is 0 Å². The van der Waals surface area contributed by atoms with Gasteiger partial charge in [-0.2, -0.15) is 0 Å². The summed E-state index contributed by atoms with van der Waals surface area (Å²) < 4.78 is 2.17. The lowest BCUT2D eigenvalue weighted by atomic mass is 10.3. The Labute approximate surface area is 95.5 Å². The molecule has 1 fully saturated rings. The highest BCUT2D eigenvalue weighted by atomic mass is 15.1. The summed E-state index contributed by atoms with van der Waals surface area (Å²) in [5, 5.41) is 3.57. The predicted molar refractivity (Wildman–Crippen MR) is 65.2 cm³/mol. The molecule has 0 atom stereocenters. The van der Waals surface area contributed by atoms with Crippen LogP contribution in [0, 0.1) is 0 Å². The zero-order valence-electron chi connectivity index (χ0n) is 9.83. The van der Waals surface area contributed by atoms with Gasteiger partial charge in [-0.05, 0) is 31.9 Å². The fourth-order valence-electron chi connectivity index (χ4n) is 2.01. The second-order valence-corrected chi connectivity index (χ2v) is 4.99. The summed E-state index contributed by atoms with van der Waals surface area (Å²) in [5.74, 6) is 1.12. The molecule has 1 aliphatic rings. The molecule has 0 saturated heterocycles. The van der Waals surface area contributed by atoms with E-state index < -0.39 is 0 Å². The van der Waals surface area contributed by atoms with Gasteiger partial charge in [-0.3, -0.25) is 0 Å². The summed E-state index contributed by atoms with van der Waals surface area (Å²) in [5.41, 5.74) is 2.67. The van der Waals surface area contributed by atoms with Crippen molar-refractivity contribution in [3.05, 3.63) is 30.1 Å². The maximum Gasteiger partial charge on any atom is 0.123 e. The summed E-state index contributed by atoms with van der Waals surface area (Å²) >= 11 is 0. The smallest absolute Gasteiger partial charge is 0.123 e. The average Bonchev–Trinajstić information content (AvgIpc) is 2.94. The number of aromatic nitrogens is 2. The second-order valence-electron chi connectivity index (χ2n) is 4.99. The van der Waals surface area contributed by atoms with Crippen molar-refractivity contribution in [2.24, 2.45) is 7.05 Å². The molecule has 3 nitrogen and oxygen atoms in total. The zero-order chi connectivity index (χ0) is 11.2. The maximum absolute atomic E-state index is 4.64. The van der Waals surface area contributed by atoms with Gasteiger partial charge in [-0.25, -0.2) is 4.98 Å². The number of benzene rings is 1. The number of para-hydroxylation sites is 2. The molecule has 0 aliphatic heterocycles. The summed E-state index contributed by atoms with van der Waals surface area (Å²) in [7, 11) is 2.08. The molecule has 0 unspecified atom stereocenters. The molecule has 1 aromatic heterocycles. The Hall–Kier alpha value is -1.35. The third kappa shape index (κ3) is 1.61. The molecule has 1 saturated carbocycles. The summed E-state index contributed by atoms with van der Waals surface area (Å²) in [6, 6.07) is 8.28. The molecular weight excluding hydrogens is 198 g/mol. The third-order valence-electron chi connectivity index (χ3n) is 3.55. The van der Waals surface area contributed by atoms with Gasteiger partial charge in [0, 0.05) is 12.6 Å². The quantitative estimate of drug-likeness (QED) is 0.850. The number of rotatable bonds is 3. The fourth-order valence-corrected chi connectivity index (χ4v) is 2.01. The van der Waals surface area contributed by atoms with Crippen LogP contribution in [0.1, 0.15) is 25.6 Å². The lowest BCUT2D eigenvalue weighted by molar-refractivity contribution is 0.519. The maximum atomic E-state index is 4.64. The normalized spacial score (nSPS) is 17.9. The van der Waals surface area contributed by atoms with Crippen LogP contribution in [-0.2, 0) is 13.6 Å². The van der Waals surface area contributed by atoms with E-state index in [4.69, 9.17) is 0 Å². The van der Waals surface area contributed by atoms with E-state index in [1.807, 2.05) is 6.07 Å². The van der Waals surface area contributed by atoms with E-state index in [0.29, 0.717) is 5.54 Å². The number of aryl methyl sites for hydroxylation is 1. The number of hydrogen-bond donors (Lipinski definition) is 1. The van der Waals surface area contributed by atoms with Gasteiger partial charge < -0.3 is 9.88 Å². The number of imidazole rings is 1. The molecule has 0 spiro atoms. The minimum Gasteiger partial charge on any atom is -0.330 e. The van der Waals surface area contributed by atoms with Crippen molar-refractivity contribution in [3.63, 3.8) is 0 Å². The molecular formula is C13H17N3.